The number of rotatable bonds is 2. The molecule has 0 atom stereocenters. The fourth-order valence-electron chi connectivity index (χ4n) is 3.07. The first-order valence-electron chi connectivity index (χ1n) is 8.11. The van der Waals surface area contributed by atoms with Gasteiger partial charge in [-0.25, -0.2) is 8.78 Å². The van der Waals surface area contributed by atoms with Crippen LogP contribution >= 0.6 is 0 Å². The predicted octanol–water partition coefficient (Wildman–Crippen LogP) is 4.09. The van der Waals surface area contributed by atoms with Crippen LogP contribution < -0.4 is 0 Å². The van der Waals surface area contributed by atoms with Gasteiger partial charge in [0.1, 0.15) is 24.7 Å². The molecule has 4 heteroatoms. The highest BCUT2D eigenvalue weighted by atomic mass is 19.1. The lowest BCUT2D eigenvalue weighted by atomic mass is 9.93. The molecule has 1 aliphatic rings. The second-order valence-corrected chi connectivity index (χ2v) is 7.02. The van der Waals surface area contributed by atoms with E-state index in [-0.39, 0.29) is 17.4 Å². The van der Waals surface area contributed by atoms with Crippen molar-refractivity contribution in [1.82, 2.24) is 0 Å². The number of quaternary nitrogens is 1. The summed E-state index contributed by atoms with van der Waals surface area (Å²) in [5.74, 6) is -0.610. The second kappa shape index (κ2) is 6.73. The van der Waals surface area contributed by atoms with Crippen molar-refractivity contribution in [2.24, 2.45) is 0 Å². The number of nitrogens with zero attached hydrogens (tertiary/aromatic N) is 1. The van der Waals surface area contributed by atoms with E-state index in [9.17, 15) is 13.6 Å². The van der Waals surface area contributed by atoms with Gasteiger partial charge in [-0.3, -0.25) is 4.79 Å². The zero-order valence-electron chi connectivity index (χ0n) is 14.3. The molecule has 2 aromatic carbocycles. The molecule has 1 heterocycles. The molecule has 0 aliphatic carbocycles. The minimum atomic E-state index is -0.301. The van der Waals surface area contributed by atoms with Crippen molar-refractivity contribution in [3.8, 4) is 0 Å². The number of ketones is 1. The van der Waals surface area contributed by atoms with Crippen LogP contribution in [-0.4, -0.2) is 37.5 Å². The Balaban J connectivity index is 1.96. The number of carbonyl (C=O) groups excluding carboxylic acids is 1. The molecule has 3 rings (SSSR count). The van der Waals surface area contributed by atoms with Crippen molar-refractivity contribution < 1.29 is 18.1 Å². The van der Waals surface area contributed by atoms with Gasteiger partial charge in [-0.15, -0.1) is 0 Å². The third-order valence-electron chi connectivity index (χ3n) is 4.20. The van der Waals surface area contributed by atoms with Gasteiger partial charge in [0.15, 0.2) is 5.78 Å². The van der Waals surface area contributed by atoms with Crippen molar-refractivity contribution in [2.75, 3.05) is 27.2 Å². The van der Waals surface area contributed by atoms with Crippen LogP contribution in [0.2, 0.25) is 0 Å². The largest absolute Gasteiger partial charge is 0.321 e. The molecular formula is C21H20F2NO+. The Bertz CT molecular complexity index is 777. The standard InChI is InChI=1S/C21H20F2NO/c1-24(2)13-17(11-15-3-7-19(22)8-4-15)21(25)18(14-24)12-16-5-9-20(23)10-6-16/h3-12H,13-14H2,1-2H3/q+1/b17-11-,18-12+. The lowest BCUT2D eigenvalue weighted by Crippen LogP contribution is -2.48. The van der Waals surface area contributed by atoms with Crippen molar-refractivity contribution in [1.29, 1.82) is 0 Å². The Hall–Kier alpha value is -2.59. The molecule has 1 saturated heterocycles. The molecule has 0 saturated carbocycles. The molecule has 0 aromatic heterocycles. The van der Waals surface area contributed by atoms with Crippen molar-refractivity contribution in [2.45, 2.75) is 0 Å². The molecule has 0 spiro atoms. The molecule has 0 unspecified atom stereocenters. The minimum absolute atomic E-state index is 0.00824. The molecule has 0 radical (unpaired) electrons. The van der Waals surface area contributed by atoms with E-state index in [4.69, 9.17) is 0 Å². The monoisotopic (exact) mass is 340 g/mol. The number of hydrogen-bond acceptors (Lipinski definition) is 1. The first-order valence-corrected chi connectivity index (χ1v) is 8.11. The molecule has 25 heavy (non-hydrogen) atoms. The molecule has 0 bridgehead atoms. The second-order valence-electron chi connectivity index (χ2n) is 7.02. The van der Waals surface area contributed by atoms with E-state index >= 15 is 0 Å². The fourth-order valence-corrected chi connectivity index (χ4v) is 3.07. The summed E-state index contributed by atoms with van der Waals surface area (Å²) in [6, 6.07) is 12.2. The number of halogens is 2. The fraction of sp³-hybridized carbons (Fsp3) is 0.190. The number of likely N-dealkylation sites (N-methyl/N-ethyl adjacent to an activating group) is 1. The summed E-state index contributed by atoms with van der Waals surface area (Å²) in [6.45, 7) is 1.22. The highest BCUT2D eigenvalue weighted by Gasteiger charge is 2.33. The van der Waals surface area contributed by atoms with Gasteiger partial charge in [0.05, 0.1) is 25.2 Å². The van der Waals surface area contributed by atoms with Crippen LogP contribution in [-0.2, 0) is 4.79 Å². The number of carbonyl (C=O) groups is 1. The number of benzene rings is 2. The Morgan fingerprint density at radius 1 is 0.760 bits per heavy atom. The van der Waals surface area contributed by atoms with E-state index < -0.39 is 0 Å². The summed E-state index contributed by atoms with van der Waals surface area (Å²) < 4.78 is 26.8. The smallest absolute Gasteiger partial charge is 0.196 e. The van der Waals surface area contributed by atoms with Gasteiger partial charge < -0.3 is 4.48 Å². The molecule has 0 amide bonds. The number of Topliss-reactive ketones (excluding diaryl/α,β-unsaturated/α-hetero) is 1. The molecular weight excluding hydrogens is 320 g/mol. The van der Waals surface area contributed by atoms with Gasteiger partial charge in [0.2, 0.25) is 0 Å². The maximum atomic E-state index is 13.1. The zero-order valence-corrected chi connectivity index (χ0v) is 14.3. The zero-order chi connectivity index (χ0) is 18.0. The van der Waals surface area contributed by atoms with E-state index in [1.165, 1.54) is 24.3 Å². The Morgan fingerprint density at radius 2 is 1.12 bits per heavy atom. The number of piperidine rings is 1. The van der Waals surface area contributed by atoms with Crippen molar-refractivity contribution >= 4 is 17.9 Å². The summed E-state index contributed by atoms with van der Waals surface area (Å²) in [6.07, 6.45) is 3.64. The number of hydrogen-bond donors (Lipinski definition) is 0. The summed E-state index contributed by atoms with van der Waals surface area (Å²) in [7, 11) is 4.12. The van der Waals surface area contributed by atoms with Gasteiger partial charge in [0, 0.05) is 0 Å². The van der Waals surface area contributed by atoms with Crippen molar-refractivity contribution in [3.05, 3.63) is 82.4 Å². The average molecular weight is 340 g/mol. The summed E-state index contributed by atoms with van der Waals surface area (Å²) in [5, 5.41) is 0. The average Bonchev–Trinajstić information content (AvgIpc) is 2.55. The van der Waals surface area contributed by atoms with Crippen LogP contribution in [0.5, 0.6) is 0 Å². The van der Waals surface area contributed by atoms with Crippen LogP contribution in [0.3, 0.4) is 0 Å². The van der Waals surface area contributed by atoms with E-state index in [0.29, 0.717) is 28.7 Å². The lowest BCUT2D eigenvalue weighted by Gasteiger charge is -2.35. The maximum absolute atomic E-state index is 13.1. The highest BCUT2D eigenvalue weighted by Crippen LogP contribution is 2.24. The first kappa shape index (κ1) is 17.2. The third-order valence-corrected chi connectivity index (χ3v) is 4.20. The summed E-state index contributed by atoms with van der Waals surface area (Å²) in [5.41, 5.74) is 2.98. The van der Waals surface area contributed by atoms with Gasteiger partial charge >= 0.3 is 0 Å². The van der Waals surface area contributed by atoms with Crippen LogP contribution in [0, 0.1) is 11.6 Å². The molecule has 2 nitrogen and oxygen atoms in total. The molecule has 1 fully saturated rings. The Morgan fingerprint density at radius 3 is 1.48 bits per heavy atom. The SMILES string of the molecule is C[N+]1(C)C/C(=C/c2ccc(F)cc2)C(=O)/C(=C/c2ccc(F)cc2)C1. The van der Waals surface area contributed by atoms with E-state index in [2.05, 4.69) is 14.1 Å². The van der Waals surface area contributed by atoms with E-state index in [0.717, 1.165) is 11.1 Å². The number of likely N-dealkylation sites (tertiary alicyclic amines) is 1. The Kier molecular flexibility index (Phi) is 4.64. The Labute approximate surface area is 146 Å². The van der Waals surface area contributed by atoms with Gasteiger partial charge in [-0.2, -0.15) is 0 Å². The third kappa shape index (κ3) is 4.28. The summed E-state index contributed by atoms with van der Waals surface area (Å²) >= 11 is 0. The molecule has 0 N–H and O–H groups in total. The van der Waals surface area contributed by atoms with Gasteiger partial charge in [0.25, 0.3) is 0 Å². The first-order chi connectivity index (χ1) is 11.8. The lowest BCUT2D eigenvalue weighted by molar-refractivity contribution is -0.881. The molecule has 2 aromatic rings. The molecule has 128 valence electrons. The van der Waals surface area contributed by atoms with Crippen LogP contribution in [0.4, 0.5) is 8.78 Å². The van der Waals surface area contributed by atoms with Crippen LogP contribution in [0.1, 0.15) is 11.1 Å². The maximum Gasteiger partial charge on any atom is 0.196 e. The minimum Gasteiger partial charge on any atom is -0.321 e. The van der Waals surface area contributed by atoms with Gasteiger partial charge in [-0.1, -0.05) is 24.3 Å². The van der Waals surface area contributed by atoms with Crippen LogP contribution in [0.15, 0.2) is 59.7 Å². The van der Waals surface area contributed by atoms with Crippen LogP contribution in [0.25, 0.3) is 12.2 Å². The predicted molar refractivity (Wildman–Crippen MR) is 95.6 cm³/mol. The van der Waals surface area contributed by atoms with Crippen molar-refractivity contribution in [3.63, 3.8) is 0 Å². The van der Waals surface area contributed by atoms with E-state index in [1.807, 2.05) is 12.2 Å². The quantitative estimate of drug-likeness (QED) is 0.594. The topological polar surface area (TPSA) is 17.1 Å². The van der Waals surface area contributed by atoms with Gasteiger partial charge in [-0.05, 0) is 47.5 Å². The van der Waals surface area contributed by atoms with E-state index in [1.54, 1.807) is 24.3 Å². The normalized spacial score (nSPS) is 20.2. The summed E-state index contributed by atoms with van der Waals surface area (Å²) in [4.78, 5) is 12.9. The molecule has 1 aliphatic heterocycles. The highest BCUT2D eigenvalue weighted by molar-refractivity contribution is 6.14.